The summed E-state index contributed by atoms with van der Waals surface area (Å²) >= 11 is 0. The maximum absolute atomic E-state index is 13.5. The predicted octanol–water partition coefficient (Wildman–Crippen LogP) is 3.14. The number of imide groups is 1. The van der Waals surface area contributed by atoms with Crippen LogP contribution in [0.5, 0.6) is 0 Å². The molecule has 148 valence electrons. The minimum absolute atomic E-state index is 0.0225. The number of benzene rings is 2. The molecule has 5 heteroatoms. The van der Waals surface area contributed by atoms with Gasteiger partial charge in [0.25, 0.3) is 0 Å². The van der Waals surface area contributed by atoms with Gasteiger partial charge < -0.3 is 0 Å². The molecule has 2 aromatic carbocycles. The number of hydrogen-bond acceptors (Lipinski definition) is 4. The number of Topliss-reactive ketones (excluding diaryl/α,β-unsaturated/α-hetero) is 1. The first-order valence-electron chi connectivity index (χ1n) is 10.3. The number of carbonyl (C=O) groups excluding carboxylic acids is 3. The third-order valence-corrected chi connectivity index (χ3v) is 6.93. The molecule has 0 spiro atoms. The first-order chi connectivity index (χ1) is 14.0. The van der Waals surface area contributed by atoms with Gasteiger partial charge in [0.15, 0.2) is 5.78 Å². The van der Waals surface area contributed by atoms with Gasteiger partial charge in [0.1, 0.15) is 0 Å². The molecule has 29 heavy (non-hydrogen) atoms. The number of fused-ring (bicyclic) bond motifs is 3. The van der Waals surface area contributed by atoms with E-state index < -0.39 is 17.9 Å². The van der Waals surface area contributed by atoms with E-state index in [0.717, 1.165) is 30.5 Å². The lowest BCUT2D eigenvalue weighted by Gasteiger charge is -2.27. The summed E-state index contributed by atoms with van der Waals surface area (Å²) < 4.78 is 0. The molecular formula is C24H24N2O3. The Bertz CT molecular complexity index is 1020. The fourth-order valence-corrected chi connectivity index (χ4v) is 5.41. The number of ketones is 1. The Morgan fingerprint density at radius 1 is 0.931 bits per heavy atom. The largest absolute Gasteiger partial charge is 0.292 e. The second kappa shape index (κ2) is 6.63. The molecule has 0 unspecified atom stereocenters. The van der Waals surface area contributed by atoms with Gasteiger partial charge in [-0.05, 0) is 56.5 Å². The molecule has 0 saturated carbocycles. The smallest absolute Gasteiger partial charge is 0.239 e. The number of aryl methyl sites for hydroxylation is 2. The van der Waals surface area contributed by atoms with E-state index in [-0.39, 0.29) is 23.6 Å². The fourth-order valence-electron chi connectivity index (χ4n) is 5.41. The Labute approximate surface area is 170 Å². The minimum Gasteiger partial charge on any atom is -0.292 e. The van der Waals surface area contributed by atoms with E-state index in [0.29, 0.717) is 11.3 Å². The van der Waals surface area contributed by atoms with Crippen molar-refractivity contribution in [3.05, 3.63) is 65.2 Å². The first kappa shape index (κ1) is 18.3. The van der Waals surface area contributed by atoms with Crippen LogP contribution in [0.15, 0.2) is 48.5 Å². The molecule has 5 nitrogen and oxygen atoms in total. The lowest BCUT2D eigenvalue weighted by molar-refractivity contribution is -0.123. The summed E-state index contributed by atoms with van der Waals surface area (Å²) in [5, 5.41) is 0. The Balaban J connectivity index is 1.56. The number of carbonyl (C=O) groups is 3. The van der Waals surface area contributed by atoms with E-state index in [9.17, 15) is 14.4 Å². The van der Waals surface area contributed by atoms with Gasteiger partial charge in [-0.25, -0.2) is 4.90 Å². The summed E-state index contributed by atoms with van der Waals surface area (Å²) in [6.45, 7) is 4.75. The zero-order chi connectivity index (χ0) is 20.3. The fraction of sp³-hybridized carbons (Fsp3) is 0.375. The van der Waals surface area contributed by atoms with Crippen LogP contribution in [0.3, 0.4) is 0 Å². The minimum atomic E-state index is -0.595. The molecule has 5 rings (SSSR count). The van der Waals surface area contributed by atoms with E-state index in [2.05, 4.69) is 4.90 Å². The molecule has 0 aromatic heterocycles. The second-order valence-electron chi connectivity index (χ2n) is 8.45. The lowest BCUT2D eigenvalue weighted by atomic mass is 9.85. The van der Waals surface area contributed by atoms with Crippen molar-refractivity contribution in [2.24, 2.45) is 11.8 Å². The molecule has 0 bridgehead atoms. The number of anilines is 1. The third kappa shape index (κ3) is 2.60. The topological polar surface area (TPSA) is 57.7 Å². The van der Waals surface area contributed by atoms with Crippen LogP contribution in [0.25, 0.3) is 0 Å². The quantitative estimate of drug-likeness (QED) is 0.599. The van der Waals surface area contributed by atoms with E-state index in [1.54, 1.807) is 12.1 Å². The standard InChI is InChI=1S/C24H24N2O3/c1-14-10-11-17(13-15(14)2)26-23(28)19-18-9-6-12-25(18)21(20(19)24(26)29)22(27)16-7-4-3-5-8-16/h3-5,7-8,10-11,13,18-21H,6,9,12H2,1-2H3/t18-,19+,20-,21+/m1/s1. The van der Waals surface area contributed by atoms with Crippen LogP contribution in [-0.2, 0) is 9.59 Å². The highest BCUT2D eigenvalue weighted by Gasteiger charge is 2.64. The molecule has 3 saturated heterocycles. The summed E-state index contributed by atoms with van der Waals surface area (Å²) in [5.74, 6) is -1.45. The molecule has 2 aromatic rings. The van der Waals surface area contributed by atoms with Crippen LogP contribution in [0.4, 0.5) is 5.69 Å². The van der Waals surface area contributed by atoms with Gasteiger partial charge in [0.05, 0.1) is 23.6 Å². The predicted molar refractivity (Wildman–Crippen MR) is 110 cm³/mol. The van der Waals surface area contributed by atoms with Gasteiger partial charge in [-0.3, -0.25) is 19.3 Å². The van der Waals surface area contributed by atoms with Gasteiger partial charge >= 0.3 is 0 Å². The molecule has 3 aliphatic rings. The van der Waals surface area contributed by atoms with E-state index in [4.69, 9.17) is 0 Å². The van der Waals surface area contributed by atoms with Crippen LogP contribution < -0.4 is 4.90 Å². The van der Waals surface area contributed by atoms with Crippen LogP contribution in [0, 0.1) is 25.7 Å². The van der Waals surface area contributed by atoms with Crippen molar-refractivity contribution >= 4 is 23.3 Å². The highest BCUT2D eigenvalue weighted by Crippen LogP contribution is 2.48. The molecule has 0 radical (unpaired) electrons. The zero-order valence-corrected chi connectivity index (χ0v) is 16.7. The van der Waals surface area contributed by atoms with Gasteiger partial charge in [-0.15, -0.1) is 0 Å². The van der Waals surface area contributed by atoms with E-state index in [1.807, 2.05) is 50.2 Å². The van der Waals surface area contributed by atoms with E-state index in [1.165, 1.54) is 4.90 Å². The second-order valence-corrected chi connectivity index (χ2v) is 8.45. The highest BCUT2D eigenvalue weighted by molar-refractivity contribution is 6.24. The average molecular weight is 388 g/mol. The molecule has 4 atom stereocenters. The Morgan fingerprint density at radius 3 is 2.38 bits per heavy atom. The molecule has 3 aliphatic heterocycles. The van der Waals surface area contributed by atoms with Gasteiger partial charge in [0, 0.05) is 11.6 Å². The Morgan fingerprint density at radius 2 is 1.66 bits per heavy atom. The molecule has 3 fully saturated rings. The number of nitrogens with zero attached hydrogens (tertiary/aromatic N) is 2. The third-order valence-electron chi connectivity index (χ3n) is 6.93. The molecule has 0 N–H and O–H groups in total. The Hall–Kier alpha value is -2.79. The van der Waals surface area contributed by atoms with Crippen LogP contribution in [-0.4, -0.2) is 41.1 Å². The van der Waals surface area contributed by atoms with Crippen molar-refractivity contribution in [2.75, 3.05) is 11.4 Å². The molecule has 3 heterocycles. The van der Waals surface area contributed by atoms with Crippen molar-refractivity contribution in [2.45, 2.75) is 38.8 Å². The van der Waals surface area contributed by atoms with E-state index >= 15 is 0 Å². The summed E-state index contributed by atoms with van der Waals surface area (Å²) in [7, 11) is 0. The van der Waals surface area contributed by atoms with Crippen molar-refractivity contribution in [1.29, 1.82) is 0 Å². The molecular weight excluding hydrogens is 364 g/mol. The van der Waals surface area contributed by atoms with Gasteiger partial charge in [-0.2, -0.15) is 0 Å². The highest BCUT2D eigenvalue weighted by atomic mass is 16.2. The summed E-state index contributed by atoms with van der Waals surface area (Å²) in [5.41, 5.74) is 3.38. The van der Waals surface area contributed by atoms with Crippen LogP contribution >= 0.6 is 0 Å². The molecule has 0 aliphatic carbocycles. The number of rotatable bonds is 3. The van der Waals surface area contributed by atoms with Crippen LogP contribution in [0.2, 0.25) is 0 Å². The normalized spacial score (nSPS) is 28.7. The SMILES string of the molecule is Cc1ccc(N2C(=O)[C@@H]3[C@@H](C2=O)[C@@H](C(=O)c2ccccc2)N2CCC[C@H]32)cc1C. The number of hydrogen-bond donors (Lipinski definition) is 0. The van der Waals surface area contributed by atoms with Gasteiger partial charge in [0.2, 0.25) is 11.8 Å². The maximum Gasteiger partial charge on any atom is 0.239 e. The van der Waals surface area contributed by atoms with Crippen molar-refractivity contribution in [3.8, 4) is 0 Å². The summed E-state index contributed by atoms with van der Waals surface area (Å²) in [4.78, 5) is 43.8. The summed E-state index contributed by atoms with van der Waals surface area (Å²) in [6.07, 6.45) is 1.82. The monoisotopic (exact) mass is 388 g/mol. The lowest BCUT2D eigenvalue weighted by Crippen LogP contribution is -2.46. The average Bonchev–Trinajstić information content (AvgIpc) is 3.37. The van der Waals surface area contributed by atoms with Crippen molar-refractivity contribution in [3.63, 3.8) is 0 Å². The number of amides is 2. The van der Waals surface area contributed by atoms with Crippen molar-refractivity contribution in [1.82, 2.24) is 4.90 Å². The van der Waals surface area contributed by atoms with Gasteiger partial charge in [-0.1, -0.05) is 36.4 Å². The van der Waals surface area contributed by atoms with Crippen molar-refractivity contribution < 1.29 is 14.4 Å². The zero-order valence-electron chi connectivity index (χ0n) is 16.7. The first-order valence-corrected chi connectivity index (χ1v) is 10.3. The maximum atomic E-state index is 13.5. The summed E-state index contributed by atoms with van der Waals surface area (Å²) in [6, 6.07) is 14.2. The molecule has 2 amide bonds. The Kier molecular flexibility index (Phi) is 4.17. The van der Waals surface area contributed by atoms with Crippen LogP contribution in [0.1, 0.15) is 34.3 Å².